The van der Waals surface area contributed by atoms with E-state index in [9.17, 15) is 23.1 Å². The van der Waals surface area contributed by atoms with E-state index in [1.54, 1.807) is 12.1 Å². The third kappa shape index (κ3) is 4.34. The van der Waals surface area contributed by atoms with Crippen LogP contribution in [-0.4, -0.2) is 60.3 Å². The van der Waals surface area contributed by atoms with Gasteiger partial charge in [0, 0.05) is 11.0 Å². The van der Waals surface area contributed by atoms with Crippen molar-refractivity contribution in [3.8, 4) is 23.5 Å². The maximum absolute atomic E-state index is 13.0. The fourth-order valence-electron chi connectivity index (χ4n) is 3.06. The quantitative estimate of drug-likeness (QED) is 0.666. The predicted octanol–water partition coefficient (Wildman–Crippen LogP) is 2.04. The van der Waals surface area contributed by atoms with Gasteiger partial charge in [0.1, 0.15) is 6.04 Å². The summed E-state index contributed by atoms with van der Waals surface area (Å²) in [6.45, 7) is -0.942. The van der Waals surface area contributed by atoms with Crippen LogP contribution in [0.25, 0.3) is 11.1 Å². The lowest BCUT2D eigenvalue weighted by Crippen LogP contribution is -2.60. The Morgan fingerprint density at radius 1 is 1.14 bits per heavy atom. The zero-order chi connectivity index (χ0) is 21.2. The third-order valence-corrected chi connectivity index (χ3v) is 6.99. The molecule has 2 aromatic carbocycles. The second-order valence-electron chi connectivity index (χ2n) is 6.41. The largest absolute Gasteiger partial charge is 0.480 e. The molecule has 0 spiro atoms. The number of terminal acetylenes is 1. The summed E-state index contributed by atoms with van der Waals surface area (Å²) in [5, 5.41) is 9.51. The van der Waals surface area contributed by atoms with Crippen molar-refractivity contribution < 1.29 is 23.1 Å². The van der Waals surface area contributed by atoms with E-state index in [2.05, 4.69) is 21.9 Å². The van der Waals surface area contributed by atoms with Gasteiger partial charge < -0.3 is 10.0 Å². The molecule has 1 saturated heterocycles. The van der Waals surface area contributed by atoms with Crippen molar-refractivity contribution in [3.05, 3.63) is 53.0 Å². The van der Waals surface area contributed by atoms with Crippen LogP contribution in [-0.2, 0) is 19.6 Å². The van der Waals surface area contributed by atoms with Gasteiger partial charge in [0.15, 0.2) is 0 Å². The number of amides is 1. The molecule has 0 radical (unpaired) electrons. The van der Waals surface area contributed by atoms with E-state index in [-0.39, 0.29) is 18.0 Å². The second-order valence-corrected chi connectivity index (χ2v) is 9.22. The van der Waals surface area contributed by atoms with Crippen molar-refractivity contribution in [1.29, 1.82) is 0 Å². The summed E-state index contributed by atoms with van der Waals surface area (Å²) in [4.78, 5) is 25.0. The van der Waals surface area contributed by atoms with Crippen LogP contribution in [0.1, 0.15) is 0 Å². The number of nitrogens with zero attached hydrogens (tertiary/aromatic N) is 2. The number of sulfonamides is 1. The highest BCUT2D eigenvalue weighted by Crippen LogP contribution is 2.26. The molecule has 150 valence electrons. The highest BCUT2D eigenvalue weighted by molar-refractivity contribution is 9.10. The minimum Gasteiger partial charge on any atom is -0.480 e. The van der Waals surface area contributed by atoms with Crippen LogP contribution in [0.5, 0.6) is 0 Å². The molecule has 1 heterocycles. The average molecular weight is 477 g/mol. The monoisotopic (exact) mass is 476 g/mol. The van der Waals surface area contributed by atoms with Crippen molar-refractivity contribution in [2.24, 2.45) is 0 Å². The summed E-state index contributed by atoms with van der Waals surface area (Å²) in [7, 11) is -4.19. The Morgan fingerprint density at radius 2 is 1.69 bits per heavy atom. The molecule has 0 aliphatic carbocycles. The number of hydrogen-bond acceptors (Lipinski definition) is 4. The molecular formula is C20H17BrN2O5S. The fraction of sp³-hybridized carbons (Fsp3) is 0.200. The van der Waals surface area contributed by atoms with E-state index in [0.717, 1.165) is 19.9 Å². The Balaban J connectivity index is 1.91. The lowest BCUT2D eigenvalue weighted by Gasteiger charge is -2.37. The molecule has 1 aliphatic heterocycles. The lowest BCUT2D eigenvalue weighted by molar-refractivity contribution is -0.147. The summed E-state index contributed by atoms with van der Waals surface area (Å²) < 4.78 is 27.7. The third-order valence-electron chi connectivity index (χ3n) is 4.59. The molecule has 9 heteroatoms. The van der Waals surface area contributed by atoms with Gasteiger partial charge in [-0.15, -0.1) is 6.42 Å². The highest BCUT2D eigenvalue weighted by atomic mass is 79.9. The molecule has 1 fully saturated rings. The minimum atomic E-state index is -4.19. The molecule has 1 amide bonds. The van der Waals surface area contributed by atoms with Crippen LogP contribution in [0, 0.1) is 12.3 Å². The molecule has 1 atom stereocenters. The SMILES string of the molecule is C#CCN1CC(C(=O)O)N(S(=O)(=O)c2ccc(-c3ccc(Br)cc3)cc2)CC1=O. The van der Waals surface area contributed by atoms with Crippen molar-refractivity contribution in [1.82, 2.24) is 9.21 Å². The number of aliphatic carboxylic acids is 1. The number of rotatable bonds is 5. The second kappa shape index (κ2) is 8.37. The summed E-state index contributed by atoms with van der Waals surface area (Å²) in [6, 6.07) is 12.2. The number of carboxylic acid groups (broad SMARTS) is 1. The van der Waals surface area contributed by atoms with Crippen molar-refractivity contribution in [3.63, 3.8) is 0 Å². The number of halogens is 1. The van der Waals surface area contributed by atoms with E-state index < -0.39 is 34.5 Å². The first kappa shape index (κ1) is 21.0. The Hall–Kier alpha value is -2.67. The Kier molecular flexibility index (Phi) is 6.07. The van der Waals surface area contributed by atoms with E-state index in [1.165, 1.54) is 17.0 Å². The smallest absolute Gasteiger partial charge is 0.323 e. The topological polar surface area (TPSA) is 95.0 Å². The fourth-order valence-corrected chi connectivity index (χ4v) is 4.85. The molecule has 0 bridgehead atoms. The molecule has 7 nitrogen and oxygen atoms in total. The van der Waals surface area contributed by atoms with Gasteiger partial charge in [0.25, 0.3) is 0 Å². The van der Waals surface area contributed by atoms with Crippen LogP contribution in [0.3, 0.4) is 0 Å². The van der Waals surface area contributed by atoms with Crippen LogP contribution >= 0.6 is 15.9 Å². The summed E-state index contributed by atoms with van der Waals surface area (Å²) in [5.74, 6) is 0.409. The number of piperazine rings is 1. The van der Waals surface area contributed by atoms with E-state index in [1.807, 2.05) is 24.3 Å². The van der Waals surface area contributed by atoms with Crippen molar-refractivity contribution >= 4 is 37.8 Å². The first-order valence-corrected chi connectivity index (χ1v) is 10.8. The van der Waals surface area contributed by atoms with Gasteiger partial charge in [0.05, 0.1) is 18.0 Å². The van der Waals surface area contributed by atoms with Crippen LogP contribution < -0.4 is 0 Å². The van der Waals surface area contributed by atoms with Gasteiger partial charge in [-0.05, 0) is 35.4 Å². The zero-order valence-corrected chi connectivity index (χ0v) is 17.6. The Labute approximate surface area is 177 Å². The number of carbonyl (C=O) groups is 2. The molecular weight excluding hydrogens is 460 g/mol. The summed E-state index contributed by atoms with van der Waals surface area (Å²) >= 11 is 3.36. The molecule has 3 rings (SSSR count). The van der Waals surface area contributed by atoms with E-state index in [4.69, 9.17) is 6.42 Å². The van der Waals surface area contributed by atoms with E-state index >= 15 is 0 Å². The number of carbonyl (C=O) groups excluding carboxylic acids is 1. The van der Waals surface area contributed by atoms with Gasteiger partial charge in [0.2, 0.25) is 15.9 Å². The minimum absolute atomic E-state index is 0.0710. The predicted molar refractivity (Wildman–Crippen MR) is 110 cm³/mol. The van der Waals surface area contributed by atoms with Crippen LogP contribution in [0.2, 0.25) is 0 Å². The maximum Gasteiger partial charge on any atom is 0.323 e. The number of carboxylic acids is 1. The Bertz CT molecular complexity index is 1080. The van der Waals surface area contributed by atoms with Gasteiger partial charge in [-0.25, -0.2) is 8.42 Å². The molecule has 1 aliphatic rings. The maximum atomic E-state index is 13.0. The highest BCUT2D eigenvalue weighted by Gasteiger charge is 2.43. The van der Waals surface area contributed by atoms with Gasteiger partial charge in [-0.1, -0.05) is 46.1 Å². The van der Waals surface area contributed by atoms with Crippen molar-refractivity contribution in [2.45, 2.75) is 10.9 Å². The lowest BCUT2D eigenvalue weighted by atomic mass is 10.1. The molecule has 1 N–H and O–H groups in total. The first-order valence-electron chi connectivity index (χ1n) is 8.56. The van der Waals surface area contributed by atoms with Crippen LogP contribution in [0.15, 0.2) is 57.9 Å². The molecule has 1 unspecified atom stereocenters. The average Bonchev–Trinajstić information content (AvgIpc) is 2.70. The molecule has 29 heavy (non-hydrogen) atoms. The Morgan fingerprint density at radius 3 is 2.21 bits per heavy atom. The zero-order valence-electron chi connectivity index (χ0n) is 15.2. The molecule has 0 saturated carbocycles. The first-order chi connectivity index (χ1) is 13.7. The van der Waals surface area contributed by atoms with Gasteiger partial charge >= 0.3 is 5.97 Å². The molecule has 2 aromatic rings. The number of hydrogen-bond donors (Lipinski definition) is 1. The summed E-state index contributed by atoms with van der Waals surface area (Å²) in [6.07, 6.45) is 5.20. The standard InChI is InChI=1S/C20H17BrN2O5S/c1-2-11-22-12-18(20(25)26)23(13-19(22)24)29(27,28)17-9-5-15(6-10-17)14-3-7-16(21)8-4-14/h1,3-10,18H,11-13H2,(H,25,26). The molecule has 0 aromatic heterocycles. The number of benzene rings is 2. The summed E-state index contributed by atoms with van der Waals surface area (Å²) in [5.41, 5.74) is 1.71. The van der Waals surface area contributed by atoms with Crippen LogP contribution in [0.4, 0.5) is 0 Å². The van der Waals surface area contributed by atoms with Gasteiger partial charge in [-0.3, -0.25) is 9.59 Å². The normalized spacial score (nSPS) is 17.7. The van der Waals surface area contributed by atoms with Gasteiger partial charge in [-0.2, -0.15) is 4.31 Å². The van der Waals surface area contributed by atoms with Crippen molar-refractivity contribution in [2.75, 3.05) is 19.6 Å². The van der Waals surface area contributed by atoms with E-state index in [0.29, 0.717) is 0 Å².